The molecular weight excluding hydrogens is 965 g/mol. The molecule has 10 heterocycles. The van der Waals surface area contributed by atoms with Gasteiger partial charge < -0.3 is 44.4 Å². The molecule has 6 N–H and O–H groups in total. The zero-order valence-electron chi connectivity index (χ0n) is 42.6. The number of aryl methyl sites for hydroxylation is 4. The quantitative estimate of drug-likeness (QED) is 0.0835. The van der Waals surface area contributed by atoms with Crippen molar-refractivity contribution in [2.24, 2.45) is 5.73 Å². The summed E-state index contributed by atoms with van der Waals surface area (Å²) < 4.78 is 15.4. The highest BCUT2D eigenvalue weighted by Crippen LogP contribution is 2.35. The van der Waals surface area contributed by atoms with Gasteiger partial charge in [0.1, 0.15) is 0 Å². The molecule has 17 nitrogen and oxygen atoms in total. The number of nitrogens with one attached hydrogen (secondary N) is 3. The molecule has 384 valence electrons. The van der Waals surface area contributed by atoms with Crippen LogP contribution in [-0.4, -0.2) is 108 Å². The fourth-order valence-electron chi connectivity index (χ4n) is 10.00. The van der Waals surface area contributed by atoms with Crippen LogP contribution in [0, 0.1) is 41.5 Å². The normalized spacial score (nSPS) is 15.1. The Bertz CT molecular complexity index is 3360. The molecule has 8 aromatic rings. The Morgan fingerprint density at radius 2 is 1.12 bits per heavy atom. The summed E-state index contributed by atoms with van der Waals surface area (Å²) in [6.45, 7) is 22.4. The molecule has 1 amide bonds. The molecule has 2 atom stereocenters. The second-order valence-corrected chi connectivity index (χ2v) is 20.4. The number of hydrogen-bond acceptors (Lipinski definition) is 13. The van der Waals surface area contributed by atoms with E-state index in [9.17, 15) is 24.3 Å². The van der Waals surface area contributed by atoms with E-state index in [0.29, 0.717) is 55.2 Å². The first kappa shape index (κ1) is 52.7. The largest absolute Gasteiger partial charge is 0.478 e. The topological polar surface area (TPSA) is 218 Å². The van der Waals surface area contributed by atoms with Gasteiger partial charge in [-0.1, -0.05) is 0 Å². The van der Waals surface area contributed by atoms with Gasteiger partial charge in [-0.15, -0.1) is 22.7 Å². The van der Waals surface area contributed by atoms with E-state index in [1.165, 1.54) is 0 Å². The van der Waals surface area contributed by atoms with Crippen LogP contribution in [0.2, 0.25) is 0 Å². The van der Waals surface area contributed by atoms with Crippen molar-refractivity contribution in [1.82, 2.24) is 43.9 Å². The molecule has 2 saturated heterocycles. The summed E-state index contributed by atoms with van der Waals surface area (Å²) in [5.41, 5.74) is 22.4. The lowest BCUT2D eigenvalue weighted by Crippen LogP contribution is -2.39. The second-order valence-electron chi connectivity index (χ2n) is 18.6. The first-order valence-electron chi connectivity index (χ1n) is 24.4. The monoisotopic (exact) mass is 1030 g/mol. The van der Waals surface area contributed by atoms with Crippen molar-refractivity contribution < 1.29 is 24.2 Å². The first-order chi connectivity index (χ1) is 35.0. The highest BCUT2D eigenvalue weighted by atomic mass is 32.1. The van der Waals surface area contributed by atoms with Crippen LogP contribution in [-0.2, 0) is 22.6 Å². The third-order valence-electron chi connectivity index (χ3n) is 13.9. The molecule has 2 aliphatic rings. The van der Waals surface area contributed by atoms with Gasteiger partial charge in [0.05, 0.1) is 52.8 Å². The molecule has 0 aliphatic carbocycles. The van der Waals surface area contributed by atoms with Crippen molar-refractivity contribution in [2.75, 3.05) is 52.6 Å². The zero-order valence-corrected chi connectivity index (χ0v) is 44.3. The summed E-state index contributed by atoms with van der Waals surface area (Å²) in [6.07, 6.45) is 7.94. The molecule has 0 radical (unpaired) electrons. The van der Waals surface area contributed by atoms with Crippen LogP contribution in [0.5, 0.6) is 0 Å². The fourth-order valence-corrected chi connectivity index (χ4v) is 11.2. The number of aromatic carboxylic acids is 1. The lowest BCUT2D eigenvalue weighted by atomic mass is 10.0. The minimum absolute atomic E-state index is 0.0648. The number of aromatic amines is 2. The smallest absolute Gasteiger partial charge is 0.336 e. The Morgan fingerprint density at radius 1 is 0.685 bits per heavy atom. The Hall–Kier alpha value is -6.58. The number of carbonyl (C=O) groups is 2. The van der Waals surface area contributed by atoms with Crippen molar-refractivity contribution in [3.63, 3.8) is 0 Å². The summed E-state index contributed by atoms with van der Waals surface area (Å²) in [5.74, 6) is -1.08. The number of amides is 1. The van der Waals surface area contributed by atoms with Gasteiger partial charge in [0.2, 0.25) is 0 Å². The molecule has 0 saturated carbocycles. The molecule has 0 bridgehead atoms. The molecule has 0 spiro atoms. The number of pyridine rings is 4. The molecule has 2 unspecified atom stereocenters. The number of aromatic nitrogens is 6. The van der Waals surface area contributed by atoms with Crippen LogP contribution < -0.4 is 22.2 Å². The third-order valence-corrected chi connectivity index (χ3v) is 15.5. The predicted molar refractivity (Wildman–Crippen MR) is 287 cm³/mol. The summed E-state index contributed by atoms with van der Waals surface area (Å²) in [6, 6.07) is 11.9. The lowest BCUT2D eigenvalue weighted by Gasteiger charge is -2.34. The second kappa shape index (κ2) is 23.1. The Morgan fingerprint density at radius 3 is 1.53 bits per heavy atom. The van der Waals surface area contributed by atoms with E-state index in [2.05, 4.69) is 76.2 Å². The molecule has 2 fully saturated rings. The maximum Gasteiger partial charge on any atom is 0.336 e. The van der Waals surface area contributed by atoms with Crippen molar-refractivity contribution in [2.45, 2.75) is 80.6 Å². The number of ether oxygens (including phenoxy) is 2. The summed E-state index contributed by atoms with van der Waals surface area (Å²) >= 11 is 3.17. The average Bonchev–Trinajstić information content (AvgIpc) is 4.22. The molecule has 10 rings (SSSR count). The number of rotatable bonds is 11. The lowest BCUT2D eigenvalue weighted by molar-refractivity contribution is 0.0186. The van der Waals surface area contributed by atoms with Crippen LogP contribution in [0.3, 0.4) is 0 Å². The van der Waals surface area contributed by atoms with E-state index in [1.807, 2.05) is 89.2 Å². The number of carboxylic acid groups (broad SMARTS) is 1. The number of carboxylic acids is 1. The minimum atomic E-state index is -0.888. The van der Waals surface area contributed by atoms with E-state index in [4.69, 9.17) is 15.2 Å². The maximum atomic E-state index is 13.5. The molecule has 0 aromatic carbocycles. The first-order valence-corrected chi connectivity index (χ1v) is 26.1. The number of thiazole rings is 2. The number of nitrogens with zero attached hydrogens (tertiary/aromatic N) is 6. The van der Waals surface area contributed by atoms with Gasteiger partial charge in [0, 0.05) is 138 Å². The number of H-pyrrole nitrogens is 2. The highest BCUT2D eigenvalue weighted by molar-refractivity contribution is 7.13. The van der Waals surface area contributed by atoms with Crippen molar-refractivity contribution in [3.05, 3.63) is 160 Å². The van der Waals surface area contributed by atoms with Gasteiger partial charge in [-0.2, -0.15) is 0 Å². The van der Waals surface area contributed by atoms with Crippen LogP contribution in [0.25, 0.3) is 31.9 Å². The van der Waals surface area contributed by atoms with Crippen LogP contribution in [0.1, 0.15) is 103 Å². The Labute approximate surface area is 431 Å². The van der Waals surface area contributed by atoms with Crippen LogP contribution >= 0.6 is 22.7 Å². The fraction of sp³-hybridized carbons (Fsp3) is 0.370. The van der Waals surface area contributed by atoms with E-state index in [0.717, 1.165) is 103 Å². The van der Waals surface area contributed by atoms with Gasteiger partial charge in [-0.05, 0) is 114 Å². The van der Waals surface area contributed by atoms with Gasteiger partial charge in [0.15, 0.2) is 0 Å². The predicted octanol–water partition coefficient (Wildman–Crippen LogP) is 7.91. The van der Waals surface area contributed by atoms with Gasteiger partial charge in [0.25, 0.3) is 17.0 Å². The van der Waals surface area contributed by atoms with Crippen LogP contribution in [0.15, 0.2) is 81.8 Å². The summed E-state index contributed by atoms with van der Waals surface area (Å²) in [7, 11) is 0. The number of nitrogens with two attached hydrogens (primary N) is 1. The number of hydrogen-bond donors (Lipinski definition) is 5. The van der Waals surface area contributed by atoms with Gasteiger partial charge in [-0.3, -0.25) is 34.2 Å². The van der Waals surface area contributed by atoms with Crippen molar-refractivity contribution in [3.8, 4) is 20.9 Å². The SMILES string of the molecule is Cc1c(C(=O)O)cc2cc(-c3cncs3)cn2c1C(C)N1CCOCC1.Cc1cc(C)c(CN)c(=O)[nH]1.Cc1cc(C)c(CNC(=O)c2cc3cc(-c4cncs4)cn3c(C(C)N3CCOCC3)c2C)c(=O)[nH]1. The molecule has 8 aromatic heterocycles. The van der Waals surface area contributed by atoms with Crippen molar-refractivity contribution in [1.29, 1.82) is 0 Å². The summed E-state index contributed by atoms with van der Waals surface area (Å²) in [5, 5.41) is 12.7. The van der Waals surface area contributed by atoms with Gasteiger partial charge >= 0.3 is 5.97 Å². The standard InChI is InChI=1S/C27H31N5O3S.C19H21N3O3S.C8H12N2O/c1-16-9-17(2)30-27(34)23(16)12-29-26(33)22-11-21-10-20(24-13-28-15-36-24)14-32(21)25(18(22)3)19(4)31-5-7-35-8-6-31;1-12-16(19(23)24)8-15-7-14(17-9-20-11-26-17)10-22(15)18(12)13(2)21-3-5-25-6-4-21;1-5-3-6(2)10-8(11)7(5)4-9/h9-11,13-15,19H,5-8,12H2,1-4H3,(H,29,33)(H,30,34);7-11,13H,3-6H2,1-2H3,(H,23,24);3H,4,9H2,1-2H3,(H,10,11). The zero-order chi connectivity index (χ0) is 52.1. The maximum absolute atomic E-state index is 13.5. The highest BCUT2D eigenvalue weighted by Gasteiger charge is 2.28. The third kappa shape index (κ3) is 11.6. The van der Waals surface area contributed by atoms with E-state index >= 15 is 0 Å². The van der Waals surface area contributed by atoms with E-state index < -0.39 is 5.97 Å². The molecule has 19 heteroatoms. The number of morpholine rings is 2. The molecule has 2 aliphatic heterocycles. The minimum Gasteiger partial charge on any atom is -0.478 e. The molecular formula is C54H64N10O7S2. The number of fused-ring (bicyclic) bond motifs is 2. The van der Waals surface area contributed by atoms with E-state index in [1.54, 1.807) is 28.7 Å². The van der Waals surface area contributed by atoms with Crippen molar-refractivity contribution >= 4 is 45.6 Å². The summed E-state index contributed by atoms with van der Waals surface area (Å²) in [4.78, 5) is 69.7. The Balaban J connectivity index is 0.000000167. The Kier molecular flexibility index (Phi) is 16.7. The van der Waals surface area contributed by atoms with E-state index in [-0.39, 0.29) is 35.7 Å². The molecule has 73 heavy (non-hydrogen) atoms. The number of carbonyl (C=O) groups excluding carboxylic acids is 1. The average molecular weight is 1030 g/mol. The van der Waals surface area contributed by atoms with Crippen LogP contribution in [0.4, 0.5) is 0 Å². The van der Waals surface area contributed by atoms with Gasteiger partial charge in [-0.25, -0.2) is 4.79 Å².